The van der Waals surface area contributed by atoms with E-state index < -0.39 is 0 Å². The van der Waals surface area contributed by atoms with E-state index in [0.717, 1.165) is 13.1 Å². The average molecular weight is 211 g/mol. The van der Waals surface area contributed by atoms with E-state index in [0.29, 0.717) is 11.8 Å². The van der Waals surface area contributed by atoms with Crippen LogP contribution in [0.25, 0.3) is 0 Å². The van der Waals surface area contributed by atoms with Crippen LogP contribution >= 0.6 is 0 Å². The predicted octanol–water partition coefficient (Wildman–Crippen LogP) is -0.156. The van der Waals surface area contributed by atoms with Crippen LogP contribution in [0.15, 0.2) is 6.07 Å². The van der Waals surface area contributed by atoms with Gasteiger partial charge in [0.05, 0.1) is 20.3 Å². The first-order chi connectivity index (χ1) is 7.31. The molecule has 0 aromatic carbocycles. The third kappa shape index (κ3) is 2.27. The summed E-state index contributed by atoms with van der Waals surface area (Å²) in [7, 11) is 3.08. The highest BCUT2D eigenvalue weighted by Crippen LogP contribution is 2.19. The van der Waals surface area contributed by atoms with Crippen molar-refractivity contribution in [1.29, 1.82) is 0 Å². The molecule has 1 aliphatic rings. The van der Waals surface area contributed by atoms with Crippen molar-refractivity contribution in [3.8, 4) is 17.8 Å². The van der Waals surface area contributed by atoms with Crippen LogP contribution in [-0.2, 0) is 0 Å². The van der Waals surface area contributed by atoms with Crippen molar-refractivity contribution in [2.75, 3.05) is 27.3 Å². The number of nitrogens with one attached hydrogen (secondary N) is 1. The number of ether oxygens (including phenoxy) is 3. The van der Waals surface area contributed by atoms with E-state index in [-0.39, 0.29) is 12.1 Å². The monoisotopic (exact) mass is 211 g/mol. The van der Waals surface area contributed by atoms with Gasteiger partial charge >= 0.3 is 6.01 Å². The summed E-state index contributed by atoms with van der Waals surface area (Å²) in [5.41, 5.74) is 0. The van der Waals surface area contributed by atoms with Crippen LogP contribution in [0.1, 0.15) is 0 Å². The van der Waals surface area contributed by atoms with E-state index in [2.05, 4.69) is 15.3 Å². The topological polar surface area (TPSA) is 65.5 Å². The molecule has 6 nitrogen and oxygen atoms in total. The van der Waals surface area contributed by atoms with Gasteiger partial charge in [0, 0.05) is 13.1 Å². The van der Waals surface area contributed by atoms with Gasteiger partial charge in [-0.15, -0.1) is 0 Å². The Morgan fingerprint density at radius 2 is 1.80 bits per heavy atom. The van der Waals surface area contributed by atoms with Crippen molar-refractivity contribution in [1.82, 2.24) is 15.3 Å². The maximum absolute atomic E-state index is 5.49. The fraction of sp³-hybridized carbons (Fsp3) is 0.556. The fourth-order valence-corrected chi connectivity index (χ4v) is 1.14. The van der Waals surface area contributed by atoms with Gasteiger partial charge in [0.25, 0.3) is 0 Å². The first kappa shape index (κ1) is 9.97. The van der Waals surface area contributed by atoms with E-state index >= 15 is 0 Å². The molecule has 0 aliphatic carbocycles. The Balaban J connectivity index is 2.13. The highest BCUT2D eigenvalue weighted by Gasteiger charge is 2.20. The standard InChI is InChI=1S/C9H13N3O3/c1-13-7-3-8(14-2)12-9(11-7)15-6-4-10-5-6/h3,6,10H,4-5H2,1-2H3. The molecule has 0 amide bonds. The van der Waals surface area contributed by atoms with Gasteiger partial charge in [-0.2, -0.15) is 9.97 Å². The summed E-state index contributed by atoms with van der Waals surface area (Å²) in [6, 6.07) is 1.89. The number of nitrogens with zero attached hydrogens (tertiary/aromatic N) is 2. The molecular weight excluding hydrogens is 198 g/mol. The molecule has 15 heavy (non-hydrogen) atoms. The highest BCUT2D eigenvalue weighted by molar-refractivity contribution is 5.23. The average Bonchev–Trinajstić information content (AvgIpc) is 2.23. The maximum Gasteiger partial charge on any atom is 0.323 e. The normalized spacial score (nSPS) is 15.6. The molecule has 1 aromatic heterocycles. The van der Waals surface area contributed by atoms with E-state index in [1.165, 1.54) is 14.2 Å². The minimum atomic E-state index is 0.141. The summed E-state index contributed by atoms with van der Waals surface area (Å²) in [4.78, 5) is 8.12. The van der Waals surface area contributed by atoms with Crippen LogP contribution in [0.5, 0.6) is 17.8 Å². The van der Waals surface area contributed by atoms with Crippen molar-refractivity contribution in [2.24, 2.45) is 0 Å². The van der Waals surface area contributed by atoms with Crippen LogP contribution in [0.2, 0.25) is 0 Å². The van der Waals surface area contributed by atoms with Crippen LogP contribution in [0, 0.1) is 0 Å². The lowest BCUT2D eigenvalue weighted by molar-refractivity contribution is 0.127. The summed E-state index contributed by atoms with van der Waals surface area (Å²) in [6.45, 7) is 1.64. The Kier molecular flexibility index (Phi) is 2.86. The zero-order chi connectivity index (χ0) is 10.7. The largest absolute Gasteiger partial charge is 0.481 e. The van der Waals surface area contributed by atoms with Gasteiger partial charge in [-0.05, 0) is 0 Å². The van der Waals surface area contributed by atoms with Gasteiger partial charge in [0.1, 0.15) is 6.10 Å². The Labute approximate surface area is 87.6 Å². The van der Waals surface area contributed by atoms with Crippen LogP contribution in [0.3, 0.4) is 0 Å². The smallest absolute Gasteiger partial charge is 0.323 e. The summed E-state index contributed by atoms with van der Waals surface area (Å²) >= 11 is 0. The fourth-order valence-electron chi connectivity index (χ4n) is 1.14. The maximum atomic E-state index is 5.49. The number of hydrogen-bond donors (Lipinski definition) is 1. The molecule has 0 bridgehead atoms. The van der Waals surface area contributed by atoms with Gasteiger partial charge < -0.3 is 19.5 Å². The first-order valence-corrected chi connectivity index (χ1v) is 4.66. The number of hydrogen-bond acceptors (Lipinski definition) is 6. The molecule has 0 unspecified atom stereocenters. The summed E-state index contributed by atoms with van der Waals surface area (Å²) in [6.07, 6.45) is 0.141. The zero-order valence-corrected chi connectivity index (χ0v) is 8.69. The molecule has 1 fully saturated rings. The lowest BCUT2D eigenvalue weighted by atomic mass is 10.2. The first-order valence-electron chi connectivity index (χ1n) is 4.66. The van der Waals surface area contributed by atoms with Crippen molar-refractivity contribution < 1.29 is 14.2 Å². The molecule has 1 saturated heterocycles. The lowest BCUT2D eigenvalue weighted by Crippen LogP contribution is -2.50. The molecular formula is C9H13N3O3. The molecule has 82 valence electrons. The number of methoxy groups -OCH3 is 2. The van der Waals surface area contributed by atoms with E-state index in [9.17, 15) is 0 Å². The Morgan fingerprint density at radius 1 is 1.20 bits per heavy atom. The van der Waals surface area contributed by atoms with Crippen molar-refractivity contribution >= 4 is 0 Å². The van der Waals surface area contributed by atoms with Crippen molar-refractivity contribution in [3.63, 3.8) is 0 Å². The SMILES string of the molecule is COc1cc(OC)nc(OC2CNC2)n1. The highest BCUT2D eigenvalue weighted by atomic mass is 16.5. The van der Waals surface area contributed by atoms with Crippen molar-refractivity contribution in [3.05, 3.63) is 6.07 Å². The summed E-state index contributed by atoms with van der Waals surface area (Å²) in [5.74, 6) is 0.869. The quantitative estimate of drug-likeness (QED) is 0.746. The third-order valence-corrected chi connectivity index (χ3v) is 2.09. The van der Waals surface area contributed by atoms with Crippen LogP contribution in [0.4, 0.5) is 0 Å². The van der Waals surface area contributed by atoms with Gasteiger partial charge in [-0.25, -0.2) is 0 Å². The second kappa shape index (κ2) is 4.31. The summed E-state index contributed by atoms with van der Waals surface area (Å²) in [5, 5.41) is 3.10. The molecule has 2 heterocycles. The van der Waals surface area contributed by atoms with E-state index in [4.69, 9.17) is 14.2 Å². The second-order valence-electron chi connectivity index (χ2n) is 3.13. The minimum Gasteiger partial charge on any atom is -0.481 e. The van der Waals surface area contributed by atoms with Gasteiger partial charge in [0.2, 0.25) is 11.8 Å². The Morgan fingerprint density at radius 3 is 2.20 bits per heavy atom. The molecule has 1 aliphatic heterocycles. The second-order valence-corrected chi connectivity index (χ2v) is 3.13. The van der Waals surface area contributed by atoms with E-state index in [1.807, 2.05) is 0 Å². The molecule has 0 atom stereocenters. The van der Waals surface area contributed by atoms with Gasteiger partial charge in [0.15, 0.2) is 0 Å². The van der Waals surface area contributed by atoms with Crippen LogP contribution in [-0.4, -0.2) is 43.4 Å². The van der Waals surface area contributed by atoms with Gasteiger partial charge in [-0.3, -0.25) is 0 Å². The molecule has 1 aromatic rings. The molecule has 0 radical (unpaired) electrons. The molecule has 1 N–H and O–H groups in total. The third-order valence-electron chi connectivity index (χ3n) is 2.09. The number of rotatable bonds is 4. The van der Waals surface area contributed by atoms with Crippen molar-refractivity contribution in [2.45, 2.75) is 6.10 Å². The Hall–Kier alpha value is -1.56. The van der Waals surface area contributed by atoms with Gasteiger partial charge in [-0.1, -0.05) is 0 Å². The predicted molar refractivity (Wildman–Crippen MR) is 52.4 cm³/mol. The zero-order valence-electron chi connectivity index (χ0n) is 8.69. The summed E-state index contributed by atoms with van der Waals surface area (Å²) < 4.78 is 15.5. The Bertz CT molecular complexity index is 319. The lowest BCUT2D eigenvalue weighted by Gasteiger charge is -2.26. The molecule has 0 spiro atoms. The van der Waals surface area contributed by atoms with Crippen LogP contribution < -0.4 is 19.5 Å². The molecule has 2 rings (SSSR count). The molecule has 0 saturated carbocycles. The number of aromatic nitrogens is 2. The molecule has 6 heteroatoms. The minimum absolute atomic E-state index is 0.141. The van der Waals surface area contributed by atoms with E-state index in [1.54, 1.807) is 6.07 Å².